The summed E-state index contributed by atoms with van der Waals surface area (Å²) in [7, 11) is 1.62. The fourth-order valence-electron chi connectivity index (χ4n) is 4.13. The van der Waals surface area contributed by atoms with E-state index in [0.29, 0.717) is 10.2 Å². The number of benzene rings is 2. The van der Waals surface area contributed by atoms with Crippen molar-refractivity contribution in [3.8, 4) is 5.75 Å². The van der Waals surface area contributed by atoms with Gasteiger partial charge in [0.05, 0.1) is 12.8 Å². The normalized spacial score (nSPS) is 14.0. The number of amides is 1. The maximum atomic E-state index is 14.0. The predicted molar refractivity (Wildman–Crippen MR) is 121 cm³/mol. The molecule has 2 aromatic carbocycles. The summed E-state index contributed by atoms with van der Waals surface area (Å²) >= 11 is 3.21. The third-order valence-corrected chi connectivity index (χ3v) is 6.09. The smallest absolute Gasteiger partial charge is 0.248 e. The molecule has 0 aliphatic heterocycles. The second-order valence-electron chi connectivity index (χ2n) is 7.61. The molecule has 1 aliphatic rings. The van der Waals surface area contributed by atoms with Crippen molar-refractivity contribution in [1.29, 1.82) is 0 Å². The average Bonchev–Trinajstić information content (AvgIpc) is 3.09. The number of hydrogen-bond acceptors (Lipinski definition) is 3. The molecule has 156 valence electrons. The molecule has 4 nitrogen and oxygen atoms in total. The van der Waals surface area contributed by atoms with Crippen LogP contribution in [0.4, 0.5) is 10.1 Å². The molecule has 0 spiro atoms. The first-order chi connectivity index (χ1) is 14.4. The maximum Gasteiger partial charge on any atom is 0.248 e. The molecule has 1 amide bonds. The molecule has 30 heavy (non-hydrogen) atoms. The number of hydrogen-bond donors (Lipinski definition) is 1. The SMILES string of the molecule is COc1c(/C(C)=C/C(=O)Nc2ccc(Br)cc2F)cc2c3c(oc2c1C)CCCC3. The standard InChI is InChI=1S/C24H23BrFNO3/c1-13(10-22(28)27-20-9-8-15(25)11-19(20)26)17-12-18-16-6-4-5-7-21(16)30-24(18)14(2)23(17)29-3/h8-12H,4-7H2,1-3H3,(H,27,28)/b13-10+. The molecule has 1 heterocycles. The molecule has 0 radical (unpaired) electrons. The second kappa shape index (κ2) is 8.26. The summed E-state index contributed by atoms with van der Waals surface area (Å²) in [6.07, 6.45) is 5.72. The average molecular weight is 472 g/mol. The van der Waals surface area contributed by atoms with Crippen LogP contribution in [0.5, 0.6) is 5.75 Å². The van der Waals surface area contributed by atoms with Gasteiger partial charge in [-0.3, -0.25) is 4.79 Å². The van der Waals surface area contributed by atoms with Gasteiger partial charge < -0.3 is 14.5 Å². The zero-order chi connectivity index (χ0) is 21.4. The molecule has 3 aromatic rings. The zero-order valence-electron chi connectivity index (χ0n) is 17.2. The molecule has 0 atom stereocenters. The number of allylic oxidation sites excluding steroid dienone is 1. The summed E-state index contributed by atoms with van der Waals surface area (Å²) < 4.78 is 26.5. The largest absolute Gasteiger partial charge is 0.496 e. The highest BCUT2D eigenvalue weighted by Gasteiger charge is 2.23. The van der Waals surface area contributed by atoms with Crippen molar-refractivity contribution in [2.24, 2.45) is 0 Å². The summed E-state index contributed by atoms with van der Waals surface area (Å²) in [4.78, 5) is 12.5. The molecule has 0 unspecified atom stereocenters. The van der Waals surface area contributed by atoms with Crippen LogP contribution in [0.2, 0.25) is 0 Å². The number of fused-ring (bicyclic) bond motifs is 3. The van der Waals surface area contributed by atoms with E-state index in [2.05, 4.69) is 21.2 Å². The monoisotopic (exact) mass is 471 g/mol. The van der Waals surface area contributed by atoms with Crippen LogP contribution in [0.1, 0.15) is 42.2 Å². The number of furan rings is 1. The van der Waals surface area contributed by atoms with Gasteiger partial charge in [-0.2, -0.15) is 0 Å². The molecule has 6 heteroatoms. The van der Waals surface area contributed by atoms with Gasteiger partial charge in [-0.25, -0.2) is 4.39 Å². The minimum atomic E-state index is -0.497. The van der Waals surface area contributed by atoms with E-state index in [1.165, 1.54) is 23.8 Å². The summed E-state index contributed by atoms with van der Waals surface area (Å²) in [6, 6.07) is 6.56. The van der Waals surface area contributed by atoms with E-state index in [0.717, 1.165) is 59.1 Å². The Hall–Kier alpha value is -2.60. The van der Waals surface area contributed by atoms with Gasteiger partial charge in [0.25, 0.3) is 0 Å². The Morgan fingerprint density at radius 3 is 2.77 bits per heavy atom. The molecular weight excluding hydrogens is 449 g/mol. The van der Waals surface area contributed by atoms with Crippen LogP contribution >= 0.6 is 15.9 Å². The summed E-state index contributed by atoms with van der Waals surface area (Å²) in [6.45, 7) is 3.83. The summed E-state index contributed by atoms with van der Waals surface area (Å²) in [5.74, 6) is 0.847. The van der Waals surface area contributed by atoms with Gasteiger partial charge in [-0.15, -0.1) is 0 Å². The Balaban J connectivity index is 1.72. The van der Waals surface area contributed by atoms with E-state index >= 15 is 0 Å². The number of rotatable bonds is 4. The highest BCUT2D eigenvalue weighted by Crippen LogP contribution is 2.41. The fourth-order valence-corrected chi connectivity index (χ4v) is 4.46. The molecule has 1 aromatic heterocycles. The first-order valence-corrected chi connectivity index (χ1v) is 10.7. The van der Waals surface area contributed by atoms with Gasteiger partial charge in [-0.05, 0) is 62.9 Å². The molecular formula is C24H23BrFNO3. The van der Waals surface area contributed by atoms with E-state index in [1.54, 1.807) is 13.2 Å². The summed E-state index contributed by atoms with van der Waals surface area (Å²) in [5.41, 5.74) is 4.75. The van der Waals surface area contributed by atoms with Gasteiger partial charge in [0.1, 0.15) is 22.9 Å². The van der Waals surface area contributed by atoms with Crippen LogP contribution in [-0.4, -0.2) is 13.0 Å². The number of aryl methyl sites for hydroxylation is 3. The van der Waals surface area contributed by atoms with E-state index in [4.69, 9.17) is 9.15 Å². The van der Waals surface area contributed by atoms with Gasteiger partial charge in [-0.1, -0.05) is 15.9 Å². The Morgan fingerprint density at radius 2 is 2.03 bits per heavy atom. The van der Waals surface area contributed by atoms with Crippen molar-refractivity contribution in [2.45, 2.75) is 39.5 Å². The second-order valence-corrected chi connectivity index (χ2v) is 8.53. The van der Waals surface area contributed by atoms with E-state index < -0.39 is 11.7 Å². The number of halogens is 2. The van der Waals surface area contributed by atoms with Gasteiger partial charge in [0.15, 0.2) is 0 Å². The number of methoxy groups -OCH3 is 1. The van der Waals surface area contributed by atoms with E-state index in [1.807, 2.05) is 19.9 Å². The molecule has 0 bridgehead atoms. The lowest BCUT2D eigenvalue weighted by molar-refractivity contribution is -0.111. The van der Waals surface area contributed by atoms with Crippen LogP contribution < -0.4 is 10.1 Å². The molecule has 0 saturated carbocycles. The lowest BCUT2D eigenvalue weighted by Gasteiger charge is -2.14. The minimum Gasteiger partial charge on any atom is -0.496 e. The van der Waals surface area contributed by atoms with Crippen LogP contribution in [0.3, 0.4) is 0 Å². The topological polar surface area (TPSA) is 51.5 Å². The van der Waals surface area contributed by atoms with Gasteiger partial charge in [0, 0.05) is 39.0 Å². The number of carbonyl (C=O) groups excluding carboxylic acids is 1. The Bertz CT molecular complexity index is 1180. The van der Waals surface area contributed by atoms with Gasteiger partial charge >= 0.3 is 0 Å². The third kappa shape index (κ3) is 3.76. The Labute approximate surface area is 183 Å². The van der Waals surface area contributed by atoms with Crippen molar-refractivity contribution in [3.63, 3.8) is 0 Å². The van der Waals surface area contributed by atoms with Crippen LogP contribution in [0.25, 0.3) is 16.5 Å². The minimum absolute atomic E-state index is 0.134. The predicted octanol–water partition coefficient (Wildman–Crippen LogP) is 6.57. The lowest BCUT2D eigenvalue weighted by atomic mass is 9.93. The van der Waals surface area contributed by atoms with Crippen LogP contribution in [-0.2, 0) is 17.6 Å². The number of carbonyl (C=O) groups is 1. The molecule has 0 saturated heterocycles. The van der Waals surface area contributed by atoms with Crippen LogP contribution in [0, 0.1) is 12.7 Å². The first-order valence-electron chi connectivity index (χ1n) is 9.95. The first kappa shape index (κ1) is 20.7. The quantitative estimate of drug-likeness (QED) is 0.437. The highest BCUT2D eigenvalue weighted by molar-refractivity contribution is 9.10. The molecule has 1 N–H and O–H groups in total. The molecule has 0 fully saturated rings. The Morgan fingerprint density at radius 1 is 1.27 bits per heavy atom. The number of anilines is 1. The zero-order valence-corrected chi connectivity index (χ0v) is 18.8. The van der Waals surface area contributed by atoms with Crippen molar-refractivity contribution in [1.82, 2.24) is 0 Å². The maximum absolute atomic E-state index is 14.0. The number of ether oxygens (including phenoxy) is 1. The van der Waals surface area contributed by atoms with Crippen molar-refractivity contribution in [3.05, 3.63) is 63.1 Å². The summed E-state index contributed by atoms with van der Waals surface area (Å²) in [5, 5.41) is 3.69. The lowest BCUT2D eigenvalue weighted by Crippen LogP contribution is -2.10. The van der Waals surface area contributed by atoms with E-state index in [9.17, 15) is 9.18 Å². The van der Waals surface area contributed by atoms with Crippen molar-refractivity contribution < 1.29 is 18.3 Å². The van der Waals surface area contributed by atoms with Crippen molar-refractivity contribution in [2.75, 3.05) is 12.4 Å². The van der Waals surface area contributed by atoms with Gasteiger partial charge in [0.2, 0.25) is 5.91 Å². The molecule has 4 rings (SSSR count). The third-order valence-electron chi connectivity index (χ3n) is 5.59. The number of nitrogens with one attached hydrogen (secondary N) is 1. The van der Waals surface area contributed by atoms with Crippen LogP contribution in [0.15, 0.2) is 39.2 Å². The van der Waals surface area contributed by atoms with Crippen molar-refractivity contribution >= 4 is 44.1 Å². The molecule has 1 aliphatic carbocycles. The Kier molecular flexibility index (Phi) is 5.69. The van der Waals surface area contributed by atoms with E-state index in [-0.39, 0.29) is 5.69 Å². The fraction of sp³-hybridized carbons (Fsp3) is 0.292. The highest BCUT2D eigenvalue weighted by atomic mass is 79.9.